The predicted molar refractivity (Wildman–Crippen MR) is 63.5 cm³/mol. The maximum Gasteiger partial charge on any atom is 0.251 e. The first-order valence-corrected chi connectivity index (χ1v) is 6.14. The van der Waals surface area contributed by atoms with E-state index in [1.165, 1.54) is 0 Å². The van der Waals surface area contributed by atoms with Crippen LogP contribution in [0.4, 0.5) is 0 Å². The number of hydrogen-bond donors (Lipinski definition) is 1. The van der Waals surface area contributed by atoms with Crippen LogP contribution in [0, 0.1) is 11.8 Å². The van der Waals surface area contributed by atoms with Crippen molar-refractivity contribution in [2.45, 2.75) is 25.3 Å². The number of rotatable bonds is 2. The molecule has 0 radical (unpaired) electrons. The topological polar surface area (TPSA) is 46.2 Å². The number of benzene rings is 1. The molecule has 1 N–H and O–H groups in total. The van der Waals surface area contributed by atoms with Crippen molar-refractivity contribution in [3.63, 3.8) is 0 Å². The summed E-state index contributed by atoms with van der Waals surface area (Å²) in [5, 5.41) is 2.97. The molecule has 2 fully saturated rings. The van der Waals surface area contributed by atoms with Crippen molar-refractivity contribution in [3.8, 4) is 0 Å². The second-order valence-electron chi connectivity index (χ2n) is 4.97. The molecule has 88 valence electrons. The molecule has 2 aliphatic carbocycles. The standard InChI is InChI=1S/C14H15NO2/c16-12-7-6-10-8-11(13(10)12)15-14(17)9-4-2-1-3-5-9/h1-5,10-11,13H,6-8H2,(H,15,17). The van der Waals surface area contributed by atoms with Gasteiger partial charge in [0.1, 0.15) is 5.78 Å². The lowest BCUT2D eigenvalue weighted by molar-refractivity contribution is -0.124. The normalized spacial score (nSPS) is 30.6. The molecule has 17 heavy (non-hydrogen) atoms. The highest BCUT2D eigenvalue weighted by atomic mass is 16.2. The molecule has 0 aliphatic heterocycles. The van der Waals surface area contributed by atoms with Gasteiger partial charge >= 0.3 is 0 Å². The Kier molecular flexibility index (Phi) is 2.46. The van der Waals surface area contributed by atoms with Gasteiger partial charge in [0.25, 0.3) is 5.91 Å². The molecule has 1 aromatic carbocycles. The van der Waals surface area contributed by atoms with Crippen LogP contribution in [0.2, 0.25) is 0 Å². The van der Waals surface area contributed by atoms with Gasteiger partial charge in [0.15, 0.2) is 0 Å². The molecule has 0 saturated heterocycles. The van der Waals surface area contributed by atoms with Gasteiger partial charge in [0.05, 0.1) is 0 Å². The van der Waals surface area contributed by atoms with Gasteiger partial charge in [-0.15, -0.1) is 0 Å². The molecular formula is C14H15NO2. The Hall–Kier alpha value is -1.64. The Morgan fingerprint density at radius 3 is 2.71 bits per heavy atom. The summed E-state index contributed by atoms with van der Waals surface area (Å²) in [6, 6.07) is 9.24. The molecule has 3 rings (SSSR count). The Labute approximate surface area is 100 Å². The van der Waals surface area contributed by atoms with E-state index >= 15 is 0 Å². The van der Waals surface area contributed by atoms with Crippen molar-refractivity contribution >= 4 is 11.7 Å². The summed E-state index contributed by atoms with van der Waals surface area (Å²) < 4.78 is 0. The summed E-state index contributed by atoms with van der Waals surface area (Å²) in [7, 11) is 0. The van der Waals surface area contributed by atoms with Crippen LogP contribution in [0.5, 0.6) is 0 Å². The lowest BCUT2D eigenvalue weighted by Gasteiger charge is -2.39. The molecule has 2 aliphatic rings. The lowest BCUT2D eigenvalue weighted by Crippen LogP contribution is -2.52. The van der Waals surface area contributed by atoms with Crippen LogP contribution in [0.1, 0.15) is 29.6 Å². The molecule has 0 heterocycles. The van der Waals surface area contributed by atoms with E-state index in [2.05, 4.69) is 5.32 Å². The molecule has 0 spiro atoms. The largest absolute Gasteiger partial charge is 0.349 e. The number of ketones is 1. The van der Waals surface area contributed by atoms with Crippen molar-refractivity contribution in [3.05, 3.63) is 35.9 Å². The van der Waals surface area contributed by atoms with Gasteiger partial charge in [0.2, 0.25) is 0 Å². The maximum atomic E-state index is 11.9. The first-order valence-electron chi connectivity index (χ1n) is 6.14. The van der Waals surface area contributed by atoms with Crippen LogP contribution in [0.3, 0.4) is 0 Å². The summed E-state index contributed by atoms with van der Waals surface area (Å²) in [5.41, 5.74) is 0.668. The summed E-state index contributed by atoms with van der Waals surface area (Å²) >= 11 is 0. The molecule has 3 nitrogen and oxygen atoms in total. The third kappa shape index (κ3) is 1.75. The van der Waals surface area contributed by atoms with E-state index in [-0.39, 0.29) is 17.9 Å². The lowest BCUT2D eigenvalue weighted by atomic mass is 9.71. The van der Waals surface area contributed by atoms with Gasteiger partial charge in [-0.2, -0.15) is 0 Å². The van der Waals surface area contributed by atoms with E-state index in [0.29, 0.717) is 23.7 Å². The molecule has 1 amide bonds. The number of hydrogen-bond acceptors (Lipinski definition) is 2. The van der Waals surface area contributed by atoms with Gasteiger partial charge in [-0.3, -0.25) is 9.59 Å². The molecule has 1 aromatic rings. The number of nitrogens with one attached hydrogen (secondary N) is 1. The second kappa shape index (κ2) is 3.99. The van der Waals surface area contributed by atoms with Crippen LogP contribution in [0.15, 0.2) is 30.3 Å². The van der Waals surface area contributed by atoms with Gasteiger partial charge in [-0.05, 0) is 30.9 Å². The van der Waals surface area contributed by atoms with Crippen molar-refractivity contribution in [1.82, 2.24) is 5.32 Å². The first kappa shape index (κ1) is 10.5. The van der Waals surface area contributed by atoms with Crippen LogP contribution in [-0.2, 0) is 4.79 Å². The summed E-state index contributed by atoms with van der Waals surface area (Å²) in [5.74, 6) is 0.902. The minimum atomic E-state index is -0.0613. The number of carbonyl (C=O) groups is 2. The molecule has 3 atom stereocenters. The smallest absolute Gasteiger partial charge is 0.251 e. The van der Waals surface area contributed by atoms with Crippen LogP contribution < -0.4 is 5.32 Å². The molecule has 0 bridgehead atoms. The number of fused-ring (bicyclic) bond motifs is 1. The first-order chi connectivity index (χ1) is 8.25. The van der Waals surface area contributed by atoms with E-state index in [1.54, 1.807) is 12.1 Å². The summed E-state index contributed by atoms with van der Waals surface area (Å²) in [6.45, 7) is 0. The fourth-order valence-corrected chi connectivity index (χ4v) is 3.02. The van der Waals surface area contributed by atoms with Crippen LogP contribution >= 0.6 is 0 Å². The predicted octanol–water partition coefficient (Wildman–Crippen LogP) is 1.78. The molecule has 3 unspecified atom stereocenters. The Balaban J connectivity index is 1.65. The van der Waals surface area contributed by atoms with Crippen LogP contribution in [0.25, 0.3) is 0 Å². The zero-order valence-corrected chi connectivity index (χ0v) is 9.56. The summed E-state index contributed by atoms with van der Waals surface area (Å²) in [4.78, 5) is 23.5. The Morgan fingerprint density at radius 2 is 2.00 bits per heavy atom. The average molecular weight is 229 g/mol. The SMILES string of the molecule is O=C(NC1CC2CCC(=O)C21)c1ccccc1. The fraction of sp³-hybridized carbons (Fsp3) is 0.429. The molecular weight excluding hydrogens is 214 g/mol. The maximum absolute atomic E-state index is 11.9. The van der Waals surface area contributed by atoms with E-state index in [1.807, 2.05) is 18.2 Å². The fourth-order valence-electron chi connectivity index (χ4n) is 3.02. The average Bonchev–Trinajstić information content (AvgIpc) is 2.61. The Morgan fingerprint density at radius 1 is 1.24 bits per heavy atom. The van der Waals surface area contributed by atoms with Crippen molar-refractivity contribution < 1.29 is 9.59 Å². The highest BCUT2D eigenvalue weighted by molar-refractivity contribution is 5.95. The number of carbonyl (C=O) groups excluding carboxylic acids is 2. The molecule has 0 aromatic heterocycles. The van der Waals surface area contributed by atoms with Crippen molar-refractivity contribution in [1.29, 1.82) is 0 Å². The van der Waals surface area contributed by atoms with E-state index in [9.17, 15) is 9.59 Å². The third-order valence-electron chi connectivity index (χ3n) is 3.98. The zero-order chi connectivity index (χ0) is 11.8. The molecule has 2 saturated carbocycles. The van der Waals surface area contributed by atoms with Gasteiger partial charge in [-0.25, -0.2) is 0 Å². The van der Waals surface area contributed by atoms with E-state index < -0.39 is 0 Å². The summed E-state index contributed by atoms with van der Waals surface area (Å²) in [6.07, 6.45) is 2.68. The quantitative estimate of drug-likeness (QED) is 0.840. The van der Waals surface area contributed by atoms with Crippen molar-refractivity contribution in [2.75, 3.05) is 0 Å². The minimum absolute atomic E-state index is 0.0613. The van der Waals surface area contributed by atoms with E-state index in [0.717, 1.165) is 12.8 Å². The highest BCUT2D eigenvalue weighted by Gasteiger charge is 2.49. The zero-order valence-electron chi connectivity index (χ0n) is 9.56. The van der Waals surface area contributed by atoms with Crippen LogP contribution in [-0.4, -0.2) is 17.7 Å². The Bertz CT molecular complexity index is 455. The third-order valence-corrected chi connectivity index (χ3v) is 3.98. The minimum Gasteiger partial charge on any atom is -0.349 e. The number of Topliss-reactive ketones (excluding diaryl/α,β-unsaturated/α-hetero) is 1. The van der Waals surface area contributed by atoms with E-state index in [4.69, 9.17) is 0 Å². The molecule has 3 heteroatoms. The van der Waals surface area contributed by atoms with Gasteiger partial charge < -0.3 is 5.32 Å². The van der Waals surface area contributed by atoms with Gasteiger partial charge in [-0.1, -0.05) is 18.2 Å². The monoisotopic (exact) mass is 229 g/mol. The van der Waals surface area contributed by atoms with Crippen molar-refractivity contribution in [2.24, 2.45) is 11.8 Å². The second-order valence-corrected chi connectivity index (χ2v) is 4.97. The van der Waals surface area contributed by atoms with Gasteiger partial charge in [0, 0.05) is 23.9 Å². The highest BCUT2D eigenvalue weighted by Crippen LogP contribution is 2.44. The number of amides is 1.